The Morgan fingerprint density at radius 3 is 2.64 bits per heavy atom. The summed E-state index contributed by atoms with van der Waals surface area (Å²) < 4.78 is 0. The summed E-state index contributed by atoms with van der Waals surface area (Å²) in [5.41, 5.74) is 3.82. The molecule has 1 aliphatic rings. The molecule has 0 heterocycles. The van der Waals surface area contributed by atoms with Crippen LogP contribution in [0.15, 0.2) is 18.2 Å². The van der Waals surface area contributed by atoms with E-state index < -0.39 is 5.79 Å². The van der Waals surface area contributed by atoms with Gasteiger partial charge in [0.1, 0.15) is 0 Å². The van der Waals surface area contributed by atoms with E-state index in [9.17, 15) is 10.2 Å². The first-order valence-corrected chi connectivity index (χ1v) is 5.10. The second-order valence-electron chi connectivity index (χ2n) is 4.35. The van der Waals surface area contributed by atoms with Gasteiger partial charge in [0.25, 0.3) is 0 Å². The van der Waals surface area contributed by atoms with E-state index in [2.05, 4.69) is 12.1 Å². The van der Waals surface area contributed by atoms with Crippen LogP contribution in [0.3, 0.4) is 0 Å². The van der Waals surface area contributed by atoms with Crippen molar-refractivity contribution in [3.05, 3.63) is 34.9 Å². The van der Waals surface area contributed by atoms with Crippen LogP contribution >= 0.6 is 0 Å². The third-order valence-electron chi connectivity index (χ3n) is 2.70. The fourth-order valence-corrected chi connectivity index (χ4v) is 2.12. The van der Waals surface area contributed by atoms with Crippen LogP contribution in [0.5, 0.6) is 0 Å². The van der Waals surface area contributed by atoms with Gasteiger partial charge >= 0.3 is 0 Å². The Morgan fingerprint density at radius 1 is 1.21 bits per heavy atom. The number of aliphatic hydroxyl groups is 2. The largest absolute Gasteiger partial charge is 0.366 e. The molecule has 2 nitrogen and oxygen atoms in total. The predicted octanol–water partition coefficient (Wildman–Crippen LogP) is 1.42. The molecule has 14 heavy (non-hydrogen) atoms. The maximum Gasteiger partial charge on any atom is 0.163 e. The zero-order chi connectivity index (χ0) is 10.2. The molecule has 2 rings (SSSR count). The van der Waals surface area contributed by atoms with Crippen LogP contribution in [0.4, 0.5) is 0 Å². The number of aryl methyl sites for hydroxylation is 2. The highest BCUT2D eigenvalue weighted by molar-refractivity contribution is 5.35. The number of rotatable bonds is 2. The Labute approximate surface area is 84.2 Å². The van der Waals surface area contributed by atoms with Crippen molar-refractivity contribution in [1.82, 2.24) is 0 Å². The molecule has 0 radical (unpaired) electrons. The highest BCUT2D eigenvalue weighted by Crippen LogP contribution is 2.24. The standard InChI is InChI=1S/C12H16O2/c1-12(13,14)8-9-5-6-10-3-2-4-11(10)7-9/h5-7,13-14H,2-4,8H2,1H3. The van der Waals surface area contributed by atoms with Crippen molar-refractivity contribution in [3.8, 4) is 0 Å². The summed E-state index contributed by atoms with van der Waals surface area (Å²) in [6.45, 7) is 1.42. The Balaban J connectivity index is 2.21. The van der Waals surface area contributed by atoms with Gasteiger partial charge in [0.15, 0.2) is 5.79 Å². The average molecular weight is 192 g/mol. The molecule has 2 N–H and O–H groups in total. The van der Waals surface area contributed by atoms with Crippen molar-refractivity contribution in [1.29, 1.82) is 0 Å². The van der Waals surface area contributed by atoms with E-state index in [1.807, 2.05) is 6.07 Å². The lowest BCUT2D eigenvalue weighted by atomic mass is 10.0. The molecule has 0 atom stereocenters. The molecule has 2 heteroatoms. The zero-order valence-corrected chi connectivity index (χ0v) is 8.45. The highest BCUT2D eigenvalue weighted by Gasteiger charge is 2.17. The molecular formula is C12H16O2. The van der Waals surface area contributed by atoms with Gasteiger partial charge in [-0.1, -0.05) is 18.2 Å². The maximum absolute atomic E-state index is 9.28. The van der Waals surface area contributed by atoms with Crippen molar-refractivity contribution in [2.75, 3.05) is 0 Å². The lowest BCUT2D eigenvalue weighted by Crippen LogP contribution is -2.25. The molecular weight excluding hydrogens is 176 g/mol. The number of hydrogen-bond donors (Lipinski definition) is 2. The van der Waals surface area contributed by atoms with Crippen molar-refractivity contribution in [2.45, 2.75) is 38.4 Å². The topological polar surface area (TPSA) is 40.5 Å². The molecule has 0 bridgehead atoms. The van der Waals surface area contributed by atoms with Crippen LogP contribution in [0.25, 0.3) is 0 Å². The normalized spacial score (nSPS) is 15.6. The number of hydrogen-bond acceptors (Lipinski definition) is 2. The van der Waals surface area contributed by atoms with Gasteiger partial charge in [0, 0.05) is 6.42 Å². The van der Waals surface area contributed by atoms with Crippen molar-refractivity contribution in [3.63, 3.8) is 0 Å². The summed E-state index contributed by atoms with van der Waals surface area (Å²) in [5, 5.41) is 18.6. The summed E-state index contributed by atoms with van der Waals surface area (Å²) in [6.07, 6.45) is 3.84. The summed E-state index contributed by atoms with van der Waals surface area (Å²) in [5.74, 6) is -1.59. The molecule has 0 spiro atoms. The van der Waals surface area contributed by atoms with Gasteiger partial charge in [-0.2, -0.15) is 0 Å². The Bertz CT molecular complexity index is 337. The average Bonchev–Trinajstić information content (AvgIpc) is 2.47. The molecule has 1 aromatic carbocycles. The van der Waals surface area contributed by atoms with E-state index in [-0.39, 0.29) is 0 Å². The van der Waals surface area contributed by atoms with Crippen LogP contribution in [-0.4, -0.2) is 16.0 Å². The van der Waals surface area contributed by atoms with Crippen LogP contribution in [0.1, 0.15) is 30.0 Å². The van der Waals surface area contributed by atoms with Crippen molar-refractivity contribution < 1.29 is 10.2 Å². The van der Waals surface area contributed by atoms with Crippen LogP contribution in [0, 0.1) is 0 Å². The quantitative estimate of drug-likeness (QED) is 0.696. The fraction of sp³-hybridized carbons (Fsp3) is 0.500. The van der Waals surface area contributed by atoms with E-state index in [4.69, 9.17) is 0 Å². The van der Waals surface area contributed by atoms with Crippen molar-refractivity contribution >= 4 is 0 Å². The van der Waals surface area contributed by atoms with Crippen LogP contribution < -0.4 is 0 Å². The maximum atomic E-state index is 9.28. The van der Waals surface area contributed by atoms with E-state index >= 15 is 0 Å². The lowest BCUT2D eigenvalue weighted by Gasteiger charge is -2.16. The number of fused-ring (bicyclic) bond motifs is 1. The summed E-state index contributed by atoms with van der Waals surface area (Å²) in [6, 6.07) is 6.21. The molecule has 0 unspecified atom stereocenters. The first-order chi connectivity index (χ1) is 6.54. The minimum absolute atomic E-state index is 0.306. The summed E-state index contributed by atoms with van der Waals surface area (Å²) >= 11 is 0. The molecule has 0 aromatic heterocycles. The van der Waals surface area contributed by atoms with E-state index in [1.165, 1.54) is 30.9 Å². The van der Waals surface area contributed by atoms with Crippen LogP contribution in [-0.2, 0) is 19.3 Å². The molecule has 1 aliphatic carbocycles. The highest BCUT2D eigenvalue weighted by atomic mass is 16.5. The van der Waals surface area contributed by atoms with E-state index in [1.54, 1.807) is 0 Å². The van der Waals surface area contributed by atoms with Crippen LogP contribution in [0.2, 0.25) is 0 Å². The third-order valence-corrected chi connectivity index (χ3v) is 2.70. The third kappa shape index (κ3) is 2.14. The Morgan fingerprint density at radius 2 is 1.93 bits per heavy atom. The van der Waals surface area contributed by atoms with Gasteiger partial charge in [-0.15, -0.1) is 0 Å². The Kier molecular flexibility index (Phi) is 2.33. The smallest absolute Gasteiger partial charge is 0.163 e. The van der Waals surface area contributed by atoms with Gasteiger partial charge in [0.2, 0.25) is 0 Å². The summed E-state index contributed by atoms with van der Waals surface area (Å²) in [4.78, 5) is 0. The monoisotopic (exact) mass is 192 g/mol. The Hall–Kier alpha value is -0.860. The fourth-order valence-electron chi connectivity index (χ4n) is 2.12. The molecule has 0 saturated carbocycles. The first kappa shape index (κ1) is 9.69. The molecule has 0 amide bonds. The molecule has 0 fully saturated rings. The van der Waals surface area contributed by atoms with Gasteiger partial charge in [-0.3, -0.25) is 0 Å². The minimum atomic E-state index is -1.59. The van der Waals surface area contributed by atoms with E-state index in [0.717, 1.165) is 12.0 Å². The van der Waals surface area contributed by atoms with Gasteiger partial charge in [0.05, 0.1) is 0 Å². The van der Waals surface area contributed by atoms with Gasteiger partial charge in [-0.25, -0.2) is 0 Å². The van der Waals surface area contributed by atoms with E-state index in [0.29, 0.717) is 6.42 Å². The molecule has 0 aliphatic heterocycles. The SMILES string of the molecule is CC(O)(O)Cc1ccc2c(c1)CCC2. The second kappa shape index (κ2) is 3.37. The van der Waals surface area contributed by atoms with Gasteiger partial charge in [-0.05, 0) is 42.9 Å². The first-order valence-electron chi connectivity index (χ1n) is 5.10. The molecule has 76 valence electrons. The lowest BCUT2D eigenvalue weighted by molar-refractivity contribution is -0.142. The molecule has 0 saturated heterocycles. The summed E-state index contributed by atoms with van der Waals surface area (Å²) in [7, 11) is 0. The minimum Gasteiger partial charge on any atom is -0.366 e. The second-order valence-corrected chi connectivity index (χ2v) is 4.35. The molecule has 1 aromatic rings. The van der Waals surface area contributed by atoms with Gasteiger partial charge < -0.3 is 10.2 Å². The zero-order valence-electron chi connectivity index (χ0n) is 8.45. The number of benzene rings is 1. The van der Waals surface area contributed by atoms with Crippen molar-refractivity contribution in [2.24, 2.45) is 0 Å². The predicted molar refractivity (Wildman–Crippen MR) is 55.0 cm³/mol.